The van der Waals surface area contributed by atoms with Crippen molar-refractivity contribution in [2.45, 2.75) is 117 Å². The number of aliphatic hydroxyl groups is 2. The van der Waals surface area contributed by atoms with Gasteiger partial charge in [-0.2, -0.15) is 0 Å². The van der Waals surface area contributed by atoms with Crippen molar-refractivity contribution >= 4 is 0 Å². The molecule has 30 heavy (non-hydrogen) atoms. The molecule has 0 saturated heterocycles. The minimum absolute atomic E-state index is 0.141. The van der Waals surface area contributed by atoms with Gasteiger partial charge >= 0.3 is 0 Å². The average Bonchev–Trinajstić information content (AvgIpc) is 2.99. The fourth-order valence-corrected chi connectivity index (χ4v) is 8.34. The average molecular weight is 415 g/mol. The third kappa shape index (κ3) is 3.45. The molecule has 2 heteroatoms. The van der Waals surface area contributed by atoms with E-state index in [1.807, 2.05) is 13.8 Å². The summed E-state index contributed by atoms with van der Waals surface area (Å²) in [6, 6.07) is 0. The van der Waals surface area contributed by atoms with Gasteiger partial charge in [-0.3, -0.25) is 0 Å². The minimum Gasteiger partial charge on any atom is -0.393 e. The zero-order valence-corrected chi connectivity index (χ0v) is 20.4. The maximum Gasteiger partial charge on any atom is 0.0591 e. The lowest BCUT2D eigenvalue weighted by Crippen LogP contribution is -2.52. The summed E-state index contributed by atoms with van der Waals surface area (Å²) in [7, 11) is 0. The van der Waals surface area contributed by atoms with Crippen LogP contribution < -0.4 is 0 Å². The molecule has 3 saturated carbocycles. The lowest BCUT2D eigenvalue weighted by atomic mass is 9.43. The van der Waals surface area contributed by atoms with Gasteiger partial charge in [0.1, 0.15) is 0 Å². The van der Waals surface area contributed by atoms with E-state index in [2.05, 4.69) is 39.8 Å². The maximum absolute atomic E-state index is 10.3. The summed E-state index contributed by atoms with van der Waals surface area (Å²) in [6.07, 6.45) is 16.4. The molecular formula is C28H46O2. The number of hydrogen-bond donors (Lipinski definition) is 2. The van der Waals surface area contributed by atoms with Gasteiger partial charge in [-0.25, -0.2) is 0 Å². The smallest absolute Gasteiger partial charge is 0.0591 e. The molecule has 0 radical (unpaired) electrons. The Balaban J connectivity index is 1.56. The van der Waals surface area contributed by atoms with Crippen LogP contribution in [0.5, 0.6) is 0 Å². The van der Waals surface area contributed by atoms with Crippen molar-refractivity contribution in [2.75, 3.05) is 0 Å². The predicted molar refractivity (Wildman–Crippen MR) is 125 cm³/mol. The Hall–Kier alpha value is -0.600. The van der Waals surface area contributed by atoms with Crippen molar-refractivity contribution in [3.05, 3.63) is 23.3 Å². The van der Waals surface area contributed by atoms with Gasteiger partial charge in [0.25, 0.3) is 0 Å². The molecule has 0 aromatic rings. The quantitative estimate of drug-likeness (QED) is 0.518. The van der Waals surface area contributed by atoms with Gasteiger partial charge in [-0.15, -0.1) is 0 Å². The van der Waals surface area contributed by atoms with Crippen LogP contribution in [0.4, 0.5) is 0 Å². The highest BCUT2D eigenvalue weighted by Crippen LogP contribution is 2.70. The molecule has 2 N–H and O–H groups in total. The van der Waals surface area contributed by atoms with Gasteiger partial charge in [-0.1, -0.05) is 63.8 Å². The fourth-order valence-electron chi connectivity index (χ4n) is 8.34. The highest BCUT2D eigenvalue weighted by Gasteiger charge is 2.61. The molecule has 170 valence electrons. The SMILES string of the molecule is C[C@H](CCCC(C)(C)O)C1CC[C@H]2C3=CC=C4C[C@@H](O)CC[C@]4(C)[C@@]3(C)CC[C@]12C. The van der Waals surface area contributed by atoms with Crippen molar-refractivity contribution in [1.29, 1.82) is 0 Å². The Morgan fingerprint density at radius 1 is 1.03 bits per heavy atom. The van der Waals surface area contributed by atoms with Crippen LogP contribution in [-0.2, 0) is 0 Å². The predicted octanol–water partition coefficient (Wildman–Crippen LogP) is 6.81. The summed E-state index contributed by atoms with van der Waals surface area (Å²) in [4.78, 5) is 0. The minimum atomic E-state index is -0.533. The van der Waals surface area contributed by atoms with E-state index in [9.17, 15) is 10.2 Å². The number of fused-ring (bicyclic) bond motifs is 5. The topological polar surface area (TPSA) is 40.5 Å². The monoisotopic (exact) mass is 414 g/mol. The summed E-state index contributed by atoms with van der Waals surface area (Å²) in [6.45, 7) is 14.0. The van der Waals surface area contributed by atoms with Crippen LogP contribution in [0.25, 0.3) is 0 Å². The third-order valence-corrected chi connectivity index (χ3v) is 10.5. The lowest BCUT2D eigenvalue weighted by Gasteiger charge is -2.61. The lowest BCUT2D eigenvalue weighted by molar-refractivity contribution is -0.0165. The second-order valence-corrected chi connectivity index (χ2v) is 12.8. The van der Waals surface area contributed by atoms with Crippen LogP contribution in [-0.4, -0.2) is 21.9 Å². The molecule has 3 fully saturated rings. The van der Waals surface area contributed by atoms with E-state index in [0.717, 1.165) is 49.9 Å². The van der Waals surface area contributed by atoms with Gasteiger partial charge in [0.05, 0.1) is 11.7 Å². The standard InChI is InChI=1S/C28H46O2/c1-19(8-7-14-25(2,3)30)22-11-12-23-24-10-9-20-18-21(29)13-15-27(20,5)28(24,6)17-16-26(22,23)4/h9-10,19,21-23,29-30H,7-8,11-18H2,1-6H3/t19-,21+,22?,23+,26-,27+,28+/m1/s1. The molecule has 1 unspecified atom stereocenters. The summed E-state index contributed by atoms with van der Waals surface area (Å²) < 4.78 is 0. The Morgan fingerprint density at radius 2 is 1.77 bits per heavy atom. The summed E-state index contributed by atoms with van der Waals surface area (Å²) in [5.41, 5.74) is 3.63. The van der Waals surface area contributed by atoms with Gasteiger partial charge in [0, 0.05) is 0 Å². The summed E-state index contributed by atoms with van der Waals surface area (Å²) >= 11 is 0. The number of allylic oxidation sites excluding steroid dienone is 3. The molecule has 0 spiro atoms. The van der Waals surface area contributed by atoms with E-state index < -0.39 is 5.60 Å². The Labute approximate surface area is 185 Å². The molecule has 2 nitrogen and oxygen atoms in total. The van der Waals surface area contributed by atoms with Crippen LogP contribution in [0.15, 0.2) is 23.3 Å². The van der Waals surface area contributed by atoms with Gasteiger partial charge < -0.3 is 10.2 Å². The van der Waals surface area contributed by atoms with E-state index in [0.29, 0.717) is 5.41 Å². The highest BCUT2D eigenvalue weighted by atomic mass is 16.3. The molecule has 0 aromatic carbocycles. The van der Waals surface area contributed by atoms with Crippen LogP contribution in [0.2, 0.25) is 0 Å². The number of aliphatic hydroxyl groups excluding tert-OH is 1. The molecule has 4 aliphatic rings. The van der Waals surface area contributed by atoms with E-state index >= 15 is 0 Å². The highest BCUT2D eigenvalue weighted by molar-refractivity contribution is 5.42. The first-order chi connectivity index (χ1) is 13.9. The van der Waals surface area contributed by atoms with Crippen molar-refractivity contribution in [2.24, 2.45) is 34.0 Å². The first-order valence-electron chi connectivity index (χ1n) is 12.7. The van der Waals surface area contributed by atoms with E-state index in [-0.39, 0.29) is 16.9 Å². The van der Waals surface area contributed by atoms with Crippen LogP contribution >= 0.6 is 0 Å². The Bertz CT molecular complexity index is 727. The first-order valence-corrected chi connectivity index (χ1v) is 12.7. The van der Waals surface area contributed by atoms with E-state index in [1.165, 1.54) is 37.7 Å². The zero-order valence-electron chi connectivity index (χ0n) is 20.4. The van der Waals surface area contributed by atoms with Gasteiger partial charge in [0.15, 0.2) is 0 Å². The second kappa shape index (κ2) is 7.48. The molecule has 0 aliphatic heterocycles. The Morgan fingerprint density at radius 3 is 2.47 bits per heavy atom. The molecule has 0 amide bonds. The normalized spacial score (nSPS) is 44.5. The van der Waals surface area contributed by atoms with Crippen molar-refractivity contribution < 1.29 is 10.2 Å². The molecule has 4 aliphatic carbocycles. The van der Waals surface area contributed by atoms with Crippen molar-refractivity contribution in [1.82, 2.24) is 0 Å². The van der Waals surface area contributed by atoms with Crippen LogP contribution in [0.1, 0.15) is 106 Å². The largest absolute Gasteiger partial charge is 0.393 e. The number of hydrogen-bond acceptors (Lipinski definition) is 2. The second-order valence-electron chi connectivity index (χ2n) is 12.8. The van der Waals surface area contributed by atoms with E-state index in [4.69, 9.17) is 0 Å². The molecule has 0 bridgehead atoms. The molecule has 0 aromatic heterocycles. The zero-order chi connectivity index (χ0) is 21.9. The first kappa shape index (κ1) is 22.6. The Kier molecular flexibility index (Phi) is 5.63. The van der Waals surface area contributed by atoms with Crippen molar-refractivity contribution in [3.63, 3.8) is 0 Å². The summed E-state index contributed by atoms with van der Waals surface area (Å²) in [5.74, 6) is 2.27. The molecule has 0 heterocycles. The van der Waals surface area contributed by atoms with Crippen molar-refractivity contribution in [3.8, 4) is 0 Å². The van der Waals surface area contributed by atoms with E-state index in [1.54, 1.807) is 5.57 Å². The van der Waals surface area contributed by atoms with Crippen LogP contribution in [0.3, 0.4) is 0 Å². The maximum atomic E-state index is 10.3. The fraction of sp³-hybridized carbons (Fsp3) is 0.857. The van der Waals surface area contributed by atoms with Gasteiger partial charge in [-0.05, 0) is 99.2 Å². The summed E-state index contributed by atoms with van der Waals surface area (Å²) in [5, 5.41) is 20.4. The number of rotatable bonds is 5. The van der Waals surface area contributed by atoms with Crippen LogP contribution in [0, 0.1) is 34.0 Å². The molecule has 7 atom stereocenters. The molecular weight excluding hydrogens is 368 g/mol. The van der Waals surface area contributed by atoms with Gasteiger partial charge in [0.2, 0.25) is 0 Å². The molecule has 4 rings (SSSR count). The third-order valence-electron chi connectivity index (χ3n) is 10.5.